The zero-order valence-electron chi connectivity index (χ0n) is 19.8. The summed E-state index contributed by atoms with van der Waals surface area (Å²) in [6, 6.07) is 12.5. The molecule has 0 saturated heterocycles. The highest BCUT2D eigenvalue weighted by Gasteiger charge is 2.32. The van der Waals surface area contributed by atoms with Crippen LogP contribution in [0.4, 0.5) is 5.69 Å². The number of hydrogen-bond donors (Lipinski definition) is 1. The van der Waals surface area contributed by atoms with Gasteiger partial charge in [-0.25, -0.2) is 8.42 Å². The van der Waals surface area contributed by atoms with E-state index in [-0.39, 0.29) is 29.2 Å². The zero-order valence-corrected chi connectivity index (χ0v) is 22.1. The van der Waals surface area contributed by atoms with E-state index in [4.69, 9.17) is 23.2 Å². The van der Waals surface area contributed by atoms with E-state index in [9.17, 15) is 18.0 Å². The van der Waals surface area contributed by atoms with E-state index in [1.165, 1.54) is 11.0 Å². The van der Waals surface area contributed by atoms with E-state index < -0.39 is 28.5 Å². The highest BCUT2D eigenvalue weighted by Crippen LogP contribution is 2.27. The number of nitrogens with zero attached hydrogens (tertiary/aromatic N) is 2. The smallest absolute Gasteiger partial charge is 0.244 e. The summed E-state index contributed by atoms with van der Waals surface area (Å²) >= 11 is 12.2. The second-order valence-electron chi connectivity index (χ2n) is 8.11. The first kappa shape index (κ1) is 28.0. The van der Waals surface area contributed by atoms with E-state index >= 15 is 0 Å². The molecule has 0 spiro atoms. The molecule has 0 fully saturated rings. The number of para-hydroxylation sites is 1. The average Bonchev–Trinajstić information content (AvgIpc) is 2.78. The van der Waals surface area contributed by atoms with E-state index in [0.717, 1.165) is 22.5 Å². The van der Waals surface area contributed by atoms with Gasteiger partial charge in [-0.1, -0.05) is 61.3 Å². The Hall–Kier alpha value is -2.29. The van der Waals surface area contributed by atoms with Crippen molar-refractivity contribution in [2.24, 2.45) is 0 Å². The Kier molecular flexibility index (Phi) is 10.2. The lowest BCUT2D eigenvalue weighted by molar-refractivity contribution is -0.140. The largest absolute Gasteiger partial charge is 0.352 e. The molecule has 0 heterocycles. The van der Waals surface area contributed by atoms with E-state index in [1.54, 1.807) is 42.5 Å². The normalized spacial score (nSPS) is 13.1. The lowest BCUT2D eigenvalue weighted by Gasteiger charge is -2.33. The first-order valence-corrected chi connectivity index (χ1v) is 13.6. The lowest BCUT2D eigenvalue weighted by Crippen LogP contribution is -2.53. The van der Waals surface area contributed by atoms with Gasteiger partial charge in [0.1, 0.15) is 12.6 Å². The molecule has 0 bridgehead atoms. The van der Waals surface area contributed by atoms with Crippen LogP contribution in [-0.2, 0) is 26.2 Å². The van der Waals surface area contributed by atoms with Crippen molar-refractivity contribution >= 4 is 50.7 Å². The molecule has 2 aromatic rings. The third kappa shape index (κ3) is 7.61. The number of anilines is 1. The number of nitrogens with one attached hydrogen (secondary N) is 1. The van der Waals surface area contributed by atoms with Crippen LogP contribution in [-0.4, -0.2) is 50.0 Å². The molecule has 2 amide bonds. The van der Waals surface area contributed by atoms with E-state index in [0.29, 0.717) is 11.4 Å². The SMILES string of the molecule is CC[C@H](C)NC(=O)[C@H](CC)N(Cc1ccc(Cl)cc1)C(=O)CN(c1ccccc1Cl)S(C)(=O)=O. The molecule has 10 heteroatoms. The number of halogens is 2. The maximum Gasteiger partial charge on any atom is 0.244 e. The quantitative estimate of drug-likeness (QED) is 0.466. The first-order chi connectivity index (χ1) is 16.0. The van der Waals surface area contributed by atoms with Gasteiger partial charge in [0.05, 0.1) is 17.0 Å². The van der Waals surface area contributed by atoms with Crippen molar-refractivity contribution in [1.82, 2.24) is 10.2 Å². The van der Waals surface area contributed by atoms with Crippen molar-refractivity contribution in [1.29, 1.82) is 0 Å². The predicted molar refractivity (Wildman–Crippen MR) is 138 cm³/mol. The third-order valence-corrected chi connectivity index (χ3v) is 7.15. The number of amides is 2. The zero-order chi connectivity index (χ0) is 25.5. The monoisotopic (exact) mass is 527 g/mol. The Morgan fingerprint density at radius 2 is 1.62 bits per heavy atom. The van der Waals surface area contributed by atoms with Gasteiger partial charge in [-0.2, -0.15) is 0 Å². The molecule has 0 saturated carbocycles. The second kappa shape index (κ2) is 12.4. The minimum atomic E-state index is -3.84. The van der Waals surface area contributed by atoms with Gasteiger partial charge in [0, 0.05) is 17.6 Å². The maximum atomic E-state index is 13.6. The summed E-state index contributed by atoms with van der Waals surface area (Å²) in [5, 5.41) is 3.68. The lowest BCUT2D eigenvalue weighted by atomic mass is 10.1. The molecular formula is C24H31Cl2N3O4S. The summed E-state index contributed by atoms with van der Waals surface area (Å²) in [5.41, 5.74) is 0.958. The number of rotatable bonds is 11. The van der Waals surface area contributed by atoms with Crippen LogP contribution in [0.25, 0.3) is 0 Å². The molecule has 0 aliphatic heterocycles. The van der Waals surface area contributed by atoms with Crippen LogP contribution in [0.1, 0.15) is 39.2 Å². The van der Waals surface area contributed by atoms with Gasteiger partial charge in [0.15, 0.2) is 0 Å². The van der Waals surface area contributed by atoms with Crippen LogP contribution < -0.4 is 9.62 Å². The highest BCUT2D eigenvalue weighted by molar-refractivity contribution is 7.92. The van der Waals surface area contributed by atoms with Gasteiger partial charge in [-0.3, -0.25) is 13.9 Å². The Balaban J connectivity index is 2.44. The van der Waals surface area contributed by atoms with Crippen molar-refractivity contribution in [3.63, 3.8) is 0 Å². The number of benzene rings is 2. The van der Waals surface area contributed by atoms with E-state index in [1.807, 2.05) is 20.8 Å². The van der Waals surface area contributed by atoms with Crippen LogP contribution in [0.2, 0.25) is 10.0 Å². The average molecular weight is 529 g/mol. The highest BCUT2D eigenvalue weighted by atomic mass is 35.5. The fourth-order valence-corrected chi connectivity index (χ4v) is 4.67. The molecule has 0 aromatic heterocycles. The van der Waals surface area contributed by atoms with Gasteiger partial charge < -0.3 is 10.2 Å². The molecule has 0 aliphatic rings. The van der Waals surface area contributed by atoms with Gasteiger partial charge >= 0.3 is 0 Å². The molecule has 34 heavy (non-hydrogen) atoms. The van der Waals surface area contributed by atoms with Crippen LogP contribution in [0.5, 0.6) is 0 Å². The summed E-state index contributed by atoms with van der Waals surface area (Å²) in [6.45, 7) is 5.27. The Bertz CT molecular complexity index is 1090. The Morgan fingerprint density at radius 1 is 1.00 bits per heavy atom. The summed E-state index contributed by atoms with van der Waals surface area (Å²) in [6.07, 6.45) is 2.11. The molecule has 1 N–H and O–H groups in total. The maximum absolute atomic E-state index is 13.6. The molecule has 0 unspecified atom stereocenters. The summed E-state index contributed by atoms with van der Waals surface area (Å²) < 4.78 is 26.2. The van der Waals surface area contributed by atoms with Crippen molar-refractivity contribution in [3.8, 4) is 0 Å². The fraction of sp³-hybridized carbons (Fsp3) is 0.417. The van der Waals surface area contributed by atoms with Crippen molar-refractivity contribution in [2.75, 3.05) is 17.1 Å². The Labute approximate surface area is 212 Å². The topological polar surface area (TPSA) is 86.8 Å². The first-order valence-electron chi connectivity index (χ1n) is 11.0. The number of hydrogen-bond acceptors (Lipinski definition) is 4. The summed E-state index contributed by atoms with van der Waals surface area (Å²) in [5.74, 6) is -0.811. The van der Waals surface area contributed by atoms with Gasteiger partial charge in [-0.05, 0) is 49.6 Å². The molecule has 2 atom stereocenters. The van der Waals surface area contributed by atoms with Crippen LogP contribution in [0, 0.1) is 0 Å². The number of carbonyl (C=O) groups excluding carboxylic acids is 2. The third-order valence-electron chi connectivity index (χ3n) is 5.45. The summed E-state index contributed by atoms with van der Waals surface area (Å²) in [4.78, 5) is 28.1. The molecule has 2 rings (SSSR count). The standard InChI is InChI=1S/C24H31Cl2N3O4S/c1-5-17(3)27-24(31)21(6-2)28(15-18-11-13-19(25)14-12-18)23(30)16-29(34(4,32)33)22-10-8-7-9-20(22)26/h7-14,17,21H,5-6,15-16H2,1-4H3,(H,27,31)/t17-,21-/m0/s1. The minimum Gasteiger partial charge on any atom is -0.352 e. The van der Waals surface area contributed by atoms with Crippen LogP contribution in [0.15, 0.2) is 48.5 Å². The molecule has 0 aliphatic carbocycles. The molecule has 0 radical (unpaired) electrons. The second-order valence-corrected chi connectivity index (χ2v) is 10.9. The minimum absolute atomic E-state index is 0.0651. The molecular weight excluding hydrogens is 497 g/mol. The predicted octanol–water partition coefficient (Wildman–Crippen LogP) is 4.48. The van der Waals surface area contributed by atoms with Crippen molar-refractivity contribution in [2.45, 2.75) is 52.2 Å². The van der Waals surface area contributed by atoms with Gasteiger partial charge in [-0.15, -0.1) is 0 Å². The number of sulfonamides is 1. The molecule has 2 aromatic carbocycles. The Morgan fingerprint density at radius 3 is 2.15 bits per heavy atom. The fourth-order valence-electron chi connectivity index (χ4n) is 3.40. The van der Waals surface area contributed by atoms with Crippen molar-refractivity contribution < 1.29 is 18.0 Å². The van der Waals surface area contributed by atoms with Crippen LogP contribution in [0.3, 0.4) is 0 Å². The molecule has 7 nitrogen and oxygen atoms in total. The van der Waals surface area contributed by atoms with Gasteiger partial charge in [0.2, 0.25) is 21.8 Å². The van der Waals surface area contributed by atoms with Crippen LogP contribution >= 0.6 is 23.2 Å². The van der Waals surface area contributed by atoms with Crippen molar-refractivity contribution in [3.05, 3.63) is 64.1 Å². The molecule has 186 valence electrons. The number of carbonyl (C=O) groups is 2. The van der Waals surface area contributed by atoms with E-state index in [2.05, 4.69) is 5.32 Å². The van der Waals surface area contributed by atoms with Gasteiger partial charge in [0.25, 0.3) is 0 Å². The summed E-state index contributed by atoms with van der Waals surface area (Å²) in [7, 11) is -3.84.